The summed E-state index contributed by atoms with van der Waals surface area (Å²) in [4.78, 5) is 5.31. The third-order valence-electron chi connectivity index (χ3n) is 3.55. The number of aryl methyl sites for hydroxylation is 1. The molecule has 0 amide bonds. The van der Waals surface area contributed by atoms with Crippen LogP contribution < -0.4 is 0 Å². The fourth-order valence-electron chi connectivity index (χ4n) is 2.83. The molecule has 0 radical (unpaired) electrons. The first-order valence-electron chi connectivity index (χ1n) is 4.88. The molecular formula is C10H13NOS. The summed E-state index contributed by atoms with van der Waals surface area (Å²) in [5.41, 5.74) is -0.468. The molecule has 13 heavy (non-hydrogen) atoms. The zero-order valence-corrected chi connectivity index (χ0v) is 8.47. The van der Waals surface area contributed by atoms with Crippen molar-refractivity contribution >= 4 is 11.3 Å². The molecule has 3 rings (SSSR count). The van der Waals surface area contributed by atoms with Gasteiger partial charge in [-0.25, -0.2) is 4.98 Å². The molecule has 2 aliphatic carbocycles. The summed E-state index contributed by atoms with van der Waals surface area (Å²) < 4.78 is 0. The van der Waals surface area contributed by atoms with Crippen molar-refractivity contribution < 1.29 is 5.11 Å². The number of thiazole rings is 1. The lowest BCUT2D eigenvalue weighted by Gasteiger charge is -2.10. The van der Waals surface area contributed by atoms with Crippen LogP contribution in [-0.4, -0.2) is 10.1 Å². The van der Waals surface area contributed by atoms with Gasteiger partial charge in [0.1, 0.15) is 5.60 Å². The molecule has 3 heteroatoms. The Hall–Kier alpha value is -0.410. The van der Waals surface area contributed by atoms with E-state index < -0.39 is 5.60 Å². The molecule has 1 aromatic heterocycles. The van der Waals surface area contributed by atoms with E-state index in [2.05, 4.69) is 4.98 Å². The van der Waals surface area contributed by atoms with Crippen molar-refractivity contribution in [1.82, 2.24) is 4.98 Å². The molecule has 2 aliphatic rings. The minimum atomic E-state index is -0.468. The highest BCUT2D eigenvalue weighted by molar-refractivity contribution is 7.11. The second-order valence-electron chi connectivity index (χ2n) is 4.21. The van der Waals surface area contributed by atoms with Crippen molar-refractivity contribution in [3.05, 3.63) is 16.1 Å². The summed E-state index contributed by atoms with van der Waals surface area (Å²) in [6.07, 6.45) is 5.57. The Labute approximate surface area is 81.6 Å². The van der Waals surface area contributed by atoms with Crippen LogP contribution in [0.5, 0.6) is 0 Å². The monoisotopic (exact) mass is 195 g/mol. The van der Waals surface area contributed by atoms with Gasteiger partial charge in [0.05, 0.1) is 9.88 Å². The molecule has 2 fully saturated rings. The first-order chi connectivity index (χ1) is 6.23. The summed E-state index contributed by atoms with van der Waals surface area (Å²) in [6, 6.07) is 0. The molecule has 1 aromatic rings. The Bertz CT molecular complexity index is 336. The van der Waals surface area contributed by atoms with Gasteiger partial charge < -0.3 is 5.11 Å². The van der Waals surface area contributed by atoms with Gasteiger partial charge in [-0.2, -0.15) is 0 Å². The van der Waals surface area contributed by atoms with E-state index in [4.69, 9.17) is 0 Å². The molecule has 70 valence electrons. The van der Waals surface area contributed by atoms with E-state index in [1.165, 1.54) is 19.3 Å². The van der Waals surface area contributed by atoms with Crippen molar-refractivity contribution in [2.45, 2.75) is 31.8 Å². The maximum Gasteiger partial charge on any atom is 0.107 e. The molecule has 2 saturated carbocycles. The van der Waals surface area contributed by atoms with E-state index in [0.717, 1.165) is 9.88 Å². The first-order valence-corrected chi connectivity index (χ1v) is 5.70. The Balaban J connectivity index is 1.95. The number of fused-ring (bicyclic) bond motifs is 1. The van der Waals surface area contributed by atoms with Gasteiger partial charge in [0, 0.05) is 6.20 Å². The maximum atomic E-state index is 10.4. The number of rotatable bonds is 1. The van der Waals surface area contributed by atoms with Gasteiger partial charge in [0.15, 0.2) is 0 Å². The highest BCUT2D eigenvalue weighted by Gasteiger charge is 2.67. The highest BCUT2D eigenvalue weighted by Crippen LogP contribution is 2.66. The number of hydrogen-bond donors (Lipinski definition) is 1. The molecule has 0 bridgehead atoms. The summed E-state index contributed by atoms with van der Waals surface area (Å²) >= 11 is 1.65. The van der Waals surface area contributed by atoms with Crippen LogP contribution in [0.25, 0.3) is 0 Å². The summed E-state index contributed by atoms with van der Waals surface area (Å²) in [5.74, 6) is 1.10. The van der Waals surface area contributed by atoms with Crippen LogP contribution in [0.2, 0.25) is 0 Å². The lowest BCUT2D eigenvalue weighted by molar-refractivity contribution is 0.109. The van der Waals surface area contributed by atoms with Gasteiger partial charge in [-0.3, -0.25) is 0 Å². The smallest absolute Gasteiger partial charge is 0.107 e. The van der Waals surface area contributed by atoms with Gasteiger partial charge in [-0.05, 0) is 31.6 Å². The largest absolute Gasteiger partial charge is 0.384 e. The van der Waals surface area contributed by atoms with E-state index in [0.29, 0.717) is 11.8 Å². The van der Waals surface area contributed by atoms with Gasteiger partial charge in [-0.15, -0.1) is 11.3 Å². The predicted molar refractivity (Wildman–Crippen MR) is 51.6 cm³/mol. The fraction of sp³-hybridized carbons (Fsp3) is 0.700. The second kappa shape index (κ2) is 2.34. The third-order valence-corrected chi connectivity index (χ3v) is 4.61. The van der Waals surface area contributed by atoms with Crippen molar-refractivity contribution in [3.63, 3.8) is 0 Å². The molecule has 2 nitrogen and oxygen atoms in total. The van der Waals surface area contributed by atoms with E-state index in [9.17, 15) is 5.11 Å². The number of hydrogen-bond acceptors (Lipinski definition) is 3. The number of nitrogens with zero attached hydrogens (tertiary/aromatic N) is 1. The van der Waals surface area contributed by atoms with Crippen LogP contribution in [-0.2, 0) is 5.60 Å². The molecule has 0 saturated heterocycles. The van der Waals surface area contributed by atoms with E-state index >= 15 is 0 Å². The normalized spacial score (nSPS) is 42.0. The van der Waals surface area contributed by atoms with Crippen molar-refractivity contribution in [1.29, 1.82) is 0 Å². The van der Waals surface area contributed by atoms with Crippen LogP contribution in [0.3, 0.4) is 0 Å². The standard InChI is InChI=1S/C10H13NOS/c1-6-11-5-9(13-6)10(12)7-3-2-4-8(7)10/h5,7-8,12H,2-4H2,1H3. The zero-order valence-electron chi connectivity index (χ0n) is 7.66. The van der Waals surface area contributed by atoms with Crippen molar-refractivity contribution in [3.8, 4) is 0 Å². The minimum absolute atomic E-state index is 0.468. The quantitative estimate of drug-likeness (QED) is 0.744. The molecule has 2 atom stereocenters. The molecule has 0 aromatic carbocycles. The second-order valence-corrected chi connectivity index (χ2v) is 5.45. The summed E-state index contributed by atoms with van der Waals surface area (Å²) in [7, 11) is 0. The Morgan fingerprint density at radius 1 is 1.54 bits per heavy atom. The third kappa shape index (κ3) is 0.891. The molecule has 1 N–H and O–H groups in total. The predicted octanol–water partition coefficient (Wildman–Crippen LogP) is 2.07. The van der Waals surface area contributed by atoms with Crippen LogP contribution in [0.15, 0.2) is 6.20 Å². The topological polar surface area (TPSA) is 33.1 Å². The molecule has 2 unspecified atom stereocenters. The minimum Gasteiger partial charge on any atom is -0.384 e. The zero-order chi connectivity index (χ0) is 9.05. The first kappa shape index (κ1) is 7.94. The van der Waals surface area contributed by atoms with Crippen LogP contribution in [0.4, 0.5) is 0 Å². The van der Waals surface area contributed by atoms with Crippen LogP contribution in [0, 0.1) is 18.8 Å². The lowest BCUT2D eigenvalue weighted by Crippen LogP contribution is -2.10. The van der Waals surface area contributed by atoms with Crippen LogP contribution >= 0.6 is 11.3 Å². The van der Waals surface area contributed by atoms with Gasteiger partial charge in [0.2, 0.25) is 0 Å². The molecule has 0 aliphatic heterocycles. The van der Waals surface area contributed by atoms with Gasteiger partial charge in [-0.1, -0.05) is 6.42 Å². The van der Waals surface area contributed by atoms with Crippen molar-refractivity contribution in [2.24, 2.45) is 11.8 Å². The molecular weight excluding hydrogens is 182 g/mol. The number of aromatic nitrogens is 1. The van der Waals surface area contributed by atoms with E-state index in [1.54, 1.807) is 11.3 Å². The SMILES string of the molecule is Cc1ncc(C2(O)C3CCCC32)s1. The van der Waals surface area contributed by atoms with Gasteiger partial charge >= 0.3 is 0 Å². The summed E-state index contributed by atoms with van der Waals surface area (Å²) in [5, 5.41) is 11.4. The lowest BCUT2D eigenvalue weighted by atomic mass is 10.1. The average molecular weight is 195 g/mol. The summed E-state index contributed by atoms with van der Waals surface area (Å²) in [6.45, 7) is 2.00. The average Bonchev–Trinajstić information content (AvgIpc) is 2.61. The van der Waals surface area contributed by atoms with Crippen molar-refractivity contribution in [2.75, 3.05) is 0 Å². The molecule has 1 heterocycles. The Kier molecular flexibility index (Phi) is 1.43. The number of aliphatic hydroxyl groups is 1. The fourth-order valence-corrected chi connectivity index (χ4v) is 3.83. The molecule has 0 spiro atoms. The highest BCUT2D eigenvalue weighted by atomic mass is 32.1. The maximum absolute atomic E-state index is 10.4. The van der Waals surface area contributed by atoms with Gasteiger partial charge in [0.25, 0.3) is 0 Å². The van der Waals surface area contributed by atoms with E-state index in [1.807, 2.05) is 13.1 Å². The Morgan fingerprint density at radius 3 is 2.77 bits per heavy atom. The van der Waals surface area contributed by atoms with Crippen LogP contribution in [0.1, 0.15) is 29.1 Å². The Morgan fingerprint density at radius 2 is 2.23 bits per heavy atom. The van der Waals surface area contributed by atoms with E-state index in [-0.39, 0.29) is 0 Å².